The monoisotopic (exact) mass is 455 g/mol. The molecule has 0 unspecified atom stereocenters. The lowest BCUT2D eigenvalue weighted by Crippen LogP contribution is -2.12. The predicted octanol–water partition coefficient (Wildman–Crippen LogP) is 5.12. The summed E-state index contributed by atoms with van der Waals surface area (Å²) in [4.78, 5) is 17.1. The van der Waals surface area contributed by atoms with Crippen LogP contribution in [-0.4, -0.2) is 19.3 Å². The molecule has 0 saturated heterocycles. The van der Waals surface area contributed by atoms with Crippen LogP contribution in [-0.2, 0) is 10.0 Å². The minimum Gasteiger partial charge on any atom is -0.321 e. The molecule has 28 heavy (non-hydrogen) atoms. The van der Waals surface area contributed by atoms with E-state index in [1.807, 2.05) is 6.92 Å². The van der Waals surface area contributed by atoms with E-state index >= 15 is 0 Å². The lowest BCUT2D eigenvalue weighted by Gasteiger charge is -2.08. The zero-order chi connectivity index (χ0) is 20.5. The summed E-state index contributed by atoms with van der Waals surface area (Å²) in [6.45, 7) is 3.48. The third-order valence-corrected chi connectivity index (χ3v) is 6.84. The van der Waals surface area contributed by atoms with E-state index in [0.717, 1.165) is 16.9 Å². The van der Waals surface area contributed by atoms with Gasteiger partial charge in [0.1, 0.15) is 4.88 Å². The highest BCUT2D eigenvalue weighted by molar-refractivity contribution is 7.93. The second kappa shape index (κ2) is 8.08. The number of amides is 1. The van der Waals surface area contributed by atoms with Gasteiger partial charge in [-0.15, -0.1) is 0 Å². The zero-order valence-electron chi connectivity index (χ0n) is 14.8. The first-order chi connectivity index (χ1) is 13.2. The number of hydrogen-bond acceptors (Lipinski definition) is 5. The molecule has 146 valence electrons. The Morgan fingerprint density at radius 2 is 1.68 bits per heavy atom. The summed E-state index contributed by atoms with van der Waals surface area (Å²) in [7, 11) is -3.84. The number of aryl methyl sites for hydroxylation is 2. The van der Waals surface area contributed by atoms with Gasteiger partial charge in [0.15, 0.2) is 5.13 Å². The summed E-state index contributed by atoms with van der Waals surface area (Å²) in [5.74, 6) is -0.391. The molecular formula is C18H15Cl2N3O3S2. The Morgan fingerprint density at radius 1 is 1.04 bits per heavy atom. The Balaban J connectivity index is 1.81. The van der Waals surface area contributed by atoms with Crippen LogP contribution in [0.1, 0.15) is 20.9 Å². The maximum atomic E-state index is 12.6. The van der Waals surface area contributed by atoms with Gasteiger partial charge in [0, 0.05) is 15.7 Å². The molecule has 1 heterocycles. The van der Waals surface area contributed by atoms with Crippen molar-refractivity contribution >= 4 is 61.3 Å². The van der Waals surface area contributed by atoms with Crippen LogP contribution in [0, 0.1) is 13.8 Å². The first-order valence-corrected chi connectivity index (χ1v) is 11.0. The first-order valence-electron chi connectivity index (χ1n) is 7.99. The standard InChI is InChI=1S/C18H15Cl2N3O3S2/c1-10-3-4-13(20)9-15(10)22-17(24)16-11(2)21-18(27-16)23-28(25,26)14-7-5-12(19)6-8-14/h3-9H,1-2H3,(H,21,23)(H,22,24). The second-order valence-corrected chi connectivity index (χ2v) is 9.46. The average Bonchev–Trinajstić information content (AvgIpc) is 2.98. The fourth-order valence-electron chi connectivity index (χ4n) is 2.35. The van der Waals surface area contributed by atoms with Gasteiger partial charge in [0.25, 0.3) is 15.9 Å². The predicted molar refractivity (Wildman–Crippen MR) is 113 cm³/mol. The quantitative estimate of drug-likeness (QED) is 0.558. The van der Waals surface area contributed by atoms with Gasteiger partial charge in [-0.2, -0.15) is 0 Å². The molecule has 0 fully saturated rings. The van der Waals surface area contributed by atoms with Gasteiger partial charge in [-0.3, -0.25) is 9.52 Å². The molecule has 1 amide bonds. The summed E-state index contributed by atoms with van der Waals surface area (Å²) < 4.78 is 27.3. The van der Waals surface area contributed by atoms with Crippen LogP contribution in [0.5, 0.6) is 0 Å². The van der Waals surface area contributed by atoms with Crippen molar-refractivity contribution in [2.45, 2.75) is 18.7 Å². The first kappa shape index (κ1) is 20.6. The fourth-order valence-corrected chi connectivity index (χ4v) is 4.74. The fraction of sp³-hybridized carbons (Fsp3) is 0.111. The van der Waals surface area contributed by atoms with Crippen molar-refractivity contribution in [3.05, 3.63) is 68.6 Å². The summed E-state index contributed by atoms with van der Waals surface area (Å²) in [6, 6.07) is 10.9. The Bertz CT molecular complexity index is 1140. The molecule has 0 bridgehead atoms. The van der Waals surface area contributed by atoms with E-state index in [1.54, 1.807) is 25.1 Å². The average molecular weight is 456 g/mol. The number of anilines is 2. The molecule has 3 aromatic rings. The van der Waals surface area contributed by atoms with Crippen molar-refractivity contribution in [1.29, 1.82) is 0 Å². The van der Waals surface area contributed by atoms with Crippen molar-refractivity contribution in [1.82, 2.24) is 4.98 Å². The van der Waals surface area contributed by atoms with E-state index in [4.69, 9.17) is 23.2 Å². The smallest absolute Gasteiger partial charge is 0.267 e. The Kier molecular flexibility index (Phi) is 5.95. The number of thiazole rings is 1. The molecule has 2 aromatic carbocycles. The van der Waals surface area contributed by atoms with E-state index in [-0.39, 0.29) is 10.0 Å². The van der Waals surface area contributed by atoms with E-state index in [9.17, 15) is 13.2 Å². The number of halogens is 2. The maximum Gasteiger partial charge on any atom is 0.267 e. The summed E-state index contributed by atoms with van der Waals surface area (Å²) in [6.07, 6.45) is 0. The molecule has 0 aliphatic heterocycles. The molecule has 0 atom stereocenters. The number of carbonyl (C=O) groups excluding carboxylic acids is 1. The summed E-state index contributed by atoms with van der Waals surface area (Å²) in [5, 5.41) is 3.80. The zero-order valence-corrected chi connectivity index (χ0v) is 17.9. The van der Waals surface area contributed by atoms with Gasteiger partial charge >= 0.3 is 0 Å². The van der Waals surface area contributed by atoms with E-state index in [0.29, 0.717) is 26.3 Å². The topological polar surface area (TPSA) is 88.2 Å². The van der Waals surface area contributed by atoms with Crippen LogP contribution in [0.25, 0.3) is 0 Å². The van der Waals surface area contributed by atoms with Crippen LogP contribution < -0.4 is 10.0 Å². The van der Waals surface area contributed by atoms with E-state index in [2.05, 4.69) is 15.0 Å². The van der Waals surface area contributed by atoms with Gasteiger partial charge in [0.2, 0.25) is 0 Å². The third kappa shape index (κ3) is 4.64. The SMILES string of the molecule is Cc1ccc(Cl)cc1NC(=O)c1sc(NS(=O)(=O)c2ccc(Cl)cc2)nc1C. The van der Waals surface area contributed by atoms with Crippen molar-refractivity contribution in [3.63, 3.8) is 0 Å². The molecule has 0 radical (unpaired) electrons. The minimum atomic E-state index is -3.84. The molecule has 3 rings (SSSR count). The van der Waals surface area contributed by atoms with Crippen molar-refractivity contribution in [2.24, 2.45) is 0 Å². The lowest BCUT2D eigenvalue weighted by molar-refractivity contribution is 0.102. The number of hydrogen-bond donors (Lipinski definition) is 2. The van der Waals surface area contributed by atoms with Crippen molar-refractivity contribution < 1.29 is 13.2 Å². The highest BCUT2D eigenvalue weighted by Gasteiger charge is 2.21. The Labute approximate surface area is 176 Å². The van der Waals surface area contributed by atoms with Crippen LogP contribution in [0.2, 0.25) is 10.0 Å². The van der Waals surface area contributed by atoms with Crippen LogP contribution >= 0.6 is 34.5 Å². The molecule has 1 aromatic heterocycles. The summed E-state index contributed by atoms with van der Waals surface area (Å²) in [5.41, 5.74) is 1.84. The van der Waals surface area contributed by atoms with Gasteiger partial charge in [-0.1, -0.05) is 40.6 Å². The second-order valence-electron chi connectivity index (χ2n) is 5.91. The number of benzene rings is 2. The highest BCUT2D eigenvalue weighted by Crippen LogP contribution is 2.27. The van der Waals surface area contributed by atoms with Crippen molar-refractivity contribution in [2.75, 3.05) is 10.0 Å². The lowest BCUT2D eigenvalue weighted by atomic mass is 10.2. The molecule has 2 N–H and O–H groups in total. The van der Waals surface area contributed by atoms with Gasteiger partial charge in [0.05, 0.1) is 10.6 Å². The minimum absolute atomic E-state index is 0.0466. The Hall–Kier alpha value is -2.13. The van der Waals surface area contributed by atoms with Gasteiger partial charge in [-0.05, 0) is 55.8 Å². The number of rotatable bonds is 5. The number of nitrogens with one attached hydrogen (secondary N) is 2. The third-order valence-electron chi connectivity index (χ3n) is 3.80. The number of sulfonamides is 1. The summed E-state index contributed by atoms with van der Waals surface area (Å²) >= 11 is 12.7. The highest BCUT2D eigenvalue weighted by atomic mass is 35.5. The van der Waals surface area contributed by atoms with E-state index < -0.39 is 15.9 Å². The molecule has 10 heteroatoms. The number of carbonyl (C=O) groups is 1. The van der Waals surface area contributed by atoms with Crippen LogP contribution in [0.4, 0.5) is 10.8 Å². The molecule has 0 spiro atoms. The molecule has 0 aliphatic carbocycles. The normalized spacial score (nSPS) is 11.3. The molecular weight excluding hydrogens is 441 g/mol. The van der Waals surface area contributed by atoms with Crippen molar-refractivity contribution in [3.8, 4) is 0 Å². The number of aromatic nitrogens is 1. The Morgan fingerprint density at radius 3 is 2.36 bits per heavy atom. The molecule has 0 aliphatic rings. The van der Waals surface area contributed by atoms with Crippen LogP contribution in [0.15, 0.2) is 47.4 Å². The molecule has 6 nitrogen and oxygen atoms in total. The van der Waals surface area contributed by atoms with Crippen LogP contribution in [0.3, 0.4) is 0 Å². The number of nitrogens with zero attached hydrogens (tertiary/aromatic N) is 1. The maximum absolute atomic E-state index is 12.6. The van der Waals surface area contributed by atoms with E-state index in [1.165, 1.54) is 24.3 Å². The van der Waals surface area contributed by atoms with Gasteiger partial charge in [-0.25, -0.2) is 13.4 Å². The van der Waals surface area contributed by atoms with Gasteiger partial charge < -0.3 is 5.32 Å². The molecule has 0 saturated carbocycles. The largest absolute Gasteiger partial charge is 0.321 e.